The van der Waals surface area contributed by atoms with Crippen molar-refractivity contribution in [2.75, 3.05) is 6.54 Å². The van der Waals surface area contributed by atoms with E-state index in [9.17, 15) is 0 Å². The predicted molar refractivity (Wildman–Crippen MR) is 62.3 cm³/mol. The summed E-state index contributed by atoms with van der Waals surface area (Å²) in [7, 11) is 0. The van der Waals surface area contributed by atoms with Crippen LogP contribution in [0.3, 0.4) is 0 Å². The van der Waals surface area contributed by atoms with E-state index in [-0.39, 0.29) is 0 Å². The first-order valence-corrected chi connectivity index (χ1v) is 5.88. The van der Waals surface area contributed by atoms with E-state index in [4.69, 9.17) is 0 Å². The van der Waals surface area contributed by atoms with E-state index in [0.29, 0.717) is 6.04 Å². The largest absolute Gasteiger partial charge is 0.311 e. The molecule has 0 aliphatic heterocycles. The minimum atomic E-state index is 0.416. The van der Waals surface area contributed by atoms with E-state index < -0.39 is 0 Å². The molecule has 3 nitrogen and oxygen atoms in total. The predicted octanol–water partition coefficient (Wildman–Crippen LogP) is 2.73. The van der Waals surface area contributed by atoms with E-state index in [0.717, 1.165) is 24.0 Å². The molecule has 4 heteroatoms. The highest BCUT2D eigenvalue weighted by atomic mass is 79.9. The average Bonchev–Trinajstić information content (AvgIpc) is 2.48. The molecule has 1 N–H and O–H groups in total. The summed E-state index contributed by atoms with van der Waals surface area (Å²) in [5.74, 6) is 0. The molecule has 0 aliphatic rings. The number of nitrogens with one attached hydrogen (secondary N) is 1. The molecular weight excluding hydrogens is 242 g/mol. The van der Waals surface area contributed by atoms with E-state index in [1.54, 1.807) is 0 Å². The first kappa shape index (κ1) is 11.7. The van der Waals surface area contributed by atoms with E-state index >= 15 is 0 Å². The molecule has 0 fully saturated rings. The van der Waals surface area contributed by atoms with E-state index in [1.807, 2.05) is 10.9 Å². The van der Waals surface area contributed by atoms with Crippen molar-refractivity contribution >= 4 is 15.9 Å². The molecule has 0 spiro atoms. The van der Waals surface area contributed by atoms with Gasteiger partial charge in [0.2, 0.25) is 0 Å². The lowest BCUT2D eigenvalue weighted by molar-refractivity contribution is 0.494. The number of rotatable bonds is 5. The Labute approximate surface area is 94.0 Å². The molecule has 0 bridgehead atoms. The molecule has 14 heavy (non-hydrogen) atoms. The number of hydrogen-bond donors (Lipinski definition) is 1. The monoisotopic (exact) mass is 259 g/mol. The highest BCUT2D eigenvalue weighted by Crippen LogP contribution is 2.19. The molecule has 0 unspecified atom stereocenters. The zero-order valence-electron chi connectivity index (χ0n) is 9.05. The number of hydrogen-bond acceptors (Lipinski definition) is 2. The quantitative estimate of drug-likeness (QED) is 0.825. The first-order valence-electron chi connectivity index (χ1n) is 5.09. The summed E-state index contributed by atoms with van der Waals surface area (Å²) in [6, 6.07) is 0.416. The Bertz CT molecular complexity index is 281. The van der Waals surface area contributed by atoms with Crippen LogP contribution < -0.4 is 5.32 Å². The molecule has 80 valence electrons. The van der Waals surface area contributed by atoms with Gasteiger partial charge in [0.05, 0.1) is 16.4 Å². The fourth-order valence-corrected chi connectivity index (χ4v) is 1.77. The van der Waals surface area contributed by atoms with Crippen LogP contribution in [-0.2, 0) is 6.54 Å². The van der Waals surface area contributed by atoms with Crippen LogP contribution in [0.2, 0.25) is 0 Å². The summed E-state index contributed by atoms with van der Waals surface area (Å²) in [4.78, 5) is 0. The van der Waals surface area contributed by atoms with Gasteiger partial charge in [0.25, 0.3) is 0 Å². The van der Waals surface area contributed by atoms with Crippen LogP contribution in [0.1, 0.15) is 38.9 Å². The molecule has 1 rings (SSSR count). The van der Waals surface area contributed by atoms with Gasteiger partial charge in [-0.1, -0.05) is 6.92 Å². The Balaban J connectivity index is 2.67. The molecule has 1 aromatic heterocycles. The van der Waals surface area contributed by atoms with Crippen LogP contribution in [0, 0.1) is 0 Å². The van der Waals surface area contributed by atoms with Crippen molar-refractivity contribution in [1.82, 2.24) is 15.1 Å². The minimum absolute atomic E-state index is 0.416. The maximum atomic E-state index is 4.32. The van der Waals surface area contributed by atoms with Gasteiger partial charge in [-0.15, -0.1) is 0 Å². The maximum absolute atomic E-state index is 4.32. The summed E-state index contributed by atoms with van der Waals surface area (Å²) in [6.07, 6.45) is 3.02. The number of nitrogens with zero attached hydrogens (tertiary/aromatic N) is 2. The van der Waals surface area contributed by atoms with Crippen LogP contribution in [0.5, 0.6) is 0 Å². The van der Waals surface area contributed by atoms with Crippen LogP contribution in [-0.4, -0.2) is 16.3 Å². The Kier molecular flexibility index (Phi) is 4.62. The van der Waals surface area contributed by atoms with Crippen molar-refractivity contribution in [2.45, 2.75) is 39.8 Å². The molecule has 0 amide bonds. The third-order valence-corrected chi connectivity index (χ3v) is 2.72. The van der Waals surface area contributed by atoms with Crippen molar-refractivity contribution < 1.29 is 0 Å². The summed E-state index contributed by atoms with van der Waals surface area (Å²) in [5, 5.41) is 7.71. The highest BCUT2D eigenvalue weighted by molar-refractivity contribution is 9.10. The van der Waals surface area contributed by atoms with Crippen molar-refractivity contribution in [3.8, 4) is 0 Å². The lowest BCUT2D eigenvalue weighted by atomic mass is 10.3. The molecule has 0 saturated heterocycles. The van der Waals surface area contributed by atoms with Crippen LogP contribution in [0.4, 0.5) is 0 Å². The summed E-state index contributed by atoms with van der Waals surface area (Å²) >= 11 is 3.51. The van der Waals surface area contributed by atoms with Gasteiger partial charge in [-0.2, -0.15) is 5.10 Å². The van der Waals surface area contributed by atoms with E-state index in [1.165, 1.54) is 5.69 Å². The van der Waals surface area contributed by atoms with Crippen molar-refractivity contribution in [3.63, 3.8) is 0 Å². The van der Waals surface area contributed by atoms with Crippen LogP contribution >= 0.6 is 15.9 Å². The van der Waals surface area contributed by atoms with Gasteiger partial charge in [-0.3, -0.25) is 4.68 Å². The topological polar surface area (TPSA) is 29.9 Å². The smallest absolute Gasteiger partial charge is 0.0667 e. The molecule has 0 aliphatic carbocycles. The normalized spacial score (nSPS) is 11.2. The molecule has 1 heterocycles. The second kappa shape index (κ2) is 5.51. The highest BCUT2D eigenvalue weighted by Gasteiger charge is 2.09. The third-order valence-electron chi connectivity index (χ3n) is 2.06. The second-order valence-electron chi connectivity index (χ2n) is 3.65. The number of halogens is 1. The molecule has 0 saturated carbocycles. The molecule has 0 aromatic carbocycles. The first-order chi connectivity index (χ1) is 6.66. The fourth-order valence-electron chi connectivity index (χ4n) is 1.36. The average molecular weight is 260 g/mol. The van der Waals surface area contributed by atoms with Gasteiger partial charge in [0, 0.05) is 12.6 Å². The molecule has 0 radical (unpaired) electrons. The second-order valence-corrected chi connectivity index (χ2v) is 4.51. The van der Waals surface area contributed by atoms with Gasteiger partial charge >= 0.3 is 0 Å². The lowest BCUT2D eigenvalue weighted by Crippen LogP contribution is -2.18. The summed E-state index contributed by atoms with van der Waals surface area (Å²) in [6.45, 7) is 8.38. The van der Waals surface area contributed by atoms with E-state index in [2.05, 4.69) is 47.1 Å². The van der Waals surface area contributed by atoms with Gasteiger partial charge in [0.15, 0.2) is 0 Å². The van der Waals surface area contributed by atoms with Crippen molar-refractivity contribution in [2.24, 2.45) is 0 Å². The van der Waals surface area contributed by atoms with Crippen molar-refractivity contribution in [1.29, 1.82) is 0 Å². The van der Waals surface area contributed by atoms with Gasteiger partial charge in [0.1, 0.15) is 0 Å². The minimum Gasteiger partial charge on any atom is -0.311 e. The standard InChI is InChI=1S/C10H18BrN3/c1-4-5-12-7-10-9(11)6-13-14(10)8(2)3/h6,8,12H,4-5,7H2,1-3H3. The maximum Gasteiger partial charge on any atom is 0.0667 e. The van der Waals surface area contributed by atoms with Crippen LogP contribution in [0.15, 0.2) is 10.7 Å². The zero-order valence-corrected chi connectivity index (χ0v) is 10.6. The molecule has 0 atom stereocenters. The summed E-state index contributed by atoms with van der Waals surface area (Å²) < 4.78 is 3.14. The molecule has 1 aromatic rings. The number of aromatic nitrogens is 2. The third kappa shape index (κ3) is 2.82. The van der Waals surface area contributed by atoms with Gasteiger partial charge in [-0.05, 0) is 42.7 Å². The Hall–Kier alpha value is -0.350. The van der Waals surface area contributed by atoms with Crippen LogP contribution in [0.25, 0.3) is 0 Å². The fraction of sp³-hybridized carbons (Fsp3) is 0.700. The lowest BCUT2D eigenvalue weighted by Gasteiger charge is -2.11. The summed E-state index contributed by atoms with van der Waals surface area (Å²) in [5.41, 5.74) is 1.23. The van der Waals surface area contributed by atoms with Gasteiger partial charge < -0.3 is 5.32 Å². The zero-order chi connectivity index (χ0) is 10.6. The van der Waals surface area contributed by atoms with Crippen molar-refractivity contribution in [3.05, 3.63) is 16.4 Å². The molecular formula is C10H18BrN3. The Morgan fingerprint density at radius 1 is 1.57 bits per heavy atom. The Morgan fingerprint density at radius 3 is 2.86 bits per heavy atom. The van der Waals surface area contributed by atoms with Gasteiger partial charge in [-0.25, -0.2) is 0 Å². The Morgan fingerprint density at radius 2 is 2.29 bits per heavy atom. The SMILES string of the molecule is CCCNCc1c(Br)cnn1C(C)C.